The lowest BCUT2D eigenvalue weighted by molar-refractivity contribution is 0.330. The fourth-order valence-corrected chi connectivity index (χ4v) is 2.99. The van der Waals surface area contributed by atoms with Gasteiger partial charge >= 0.3 is 0 Å². The van der Waals surface area contributed by atoms with Gasteiger partial charge in [-0.3, -0.25) is 0 Å². The monoisotopic (exact) mass is 260 g/mol. The smallest absolute Gasteiger partial charge is 0.203 e. The Morgan fingerprint density at radius 3 is 3.05 bits per heavy atom. The van der Waals surface area contributed by atoms with Gasteiger partial charge in [-0.15, -0.1) is 0 Å². The number of hydrogen-bond acceptors (Lipinski definition) is 4. The highest BCUT2D eigenvalue weighted by atomic mass is 16.5. The van der Waals surface area contributed by atoms with Crippen molar-refractivity contribution >= 4 is 11.1 Å². The molecule has 1 atom stereocenters. The SMILES string of the molecule is CCCC1(c2nc3cc(OC)ccc3o2)CCNC1. The van der Waals surface area contributed by atoms with Crippen molar-refractivity contribution in [2.75, 3.05) is 20.2 Å². The van der Waals surface area contributed by atoms with Crippen molar-refractivity contribution in [2.24, 2.45) is 0 Å². The van der Waals surface area contributed by atoms with Gasteiger partial charge in [-0.05, 0) is 31.5 Å². The molecule has 1 aliphatic heterocycles. The Kier molecular flexibility index (Phi) is 3.19. The van der Waals surface area contributed by atoms with E-state index in [1.54, 1.807) is 7.11 Å². The first kappa shape index (κ1) is 12.5. The van der Waals surface area contributed by atoms with Gasteiger partial charge in [0.05, 0.1) is 12.5 Å². The fourth-order valence-electron chi connectivity index (χ4n) is 2.99. The highest BCUT2D eigenvalue weighted by Crippen LogP contribution is 2.36. The summed E-state index contributed by atoms with van der Waals surface area (Å²) in [5.74, 6) is 1.70. The number of oxazole rings is 1. The van der Waals surface area contributed by atoms with Gasteiger partial charge < -0.3 is 14.5 Å². The lowest BCUT2D eigenvalue weighted by Crippen LogP contribution is -2.29. The van der Waals surface area contributed by atoms with E-state index in [9.17, 15) is 0 Å². The van der Waals surface area contributed by atoms with E-state index in [-0.39, 0.29) is 5.41 Å². The minimum Gasteiger partial charge on any atom is -0.497 e. The molecule has 1 saturated heterocycles. The third kappa shape index (κ3) is 2.10. The molecule has 0 spiro atoms. The van der Waals surface area contributed by atoms with Crippen LogP contribution < -0.4 is 10.1 Å². The van der Waals surface area contributed by atoms with E-state index >= 15 is 0 Å². The number of nitrogens with one attached hydrogen (secondary N) is 1. The summed E-state index contributed by atoms with van der Waals surface area (Å²) in [4.78, 5) is 4.71. The molecule has 0 amide bonds. The van der Waals surface area contributed by atoms with E-state index in [0.717, 1.165) is 55.1 Å². The molecule has 4 nitrogen and oxygen atoms in total. The van der Waals surface area contributed by atoms with E-state index in [2.05, 4.69) is 12.2 Å². The van der Waals surface area contributed by atoms with Crippen LogP contribution in [-0.4, -0.2) is 25.2 Å². The summed E-state index contributed by atoms with van der Waals surface area (Å²) in [6, 6.07) is 5.79. The minimum absolute atomic E-state index is 0.0704. The molecule has 0 aliphatic carbocycles. The molecule has 4 heteroatoms. The number of nitrogens with zero attached hydrogens (tertiary/aromatic N) is 1. The summed E-state index contributed by atoms with van der Waals surface area (Å²) >= 11 is 0. The Labute approximate surface area is 113 Å². The molecule has 0 bridgehead atoms. The second kappa shape index (κ2) is 4.85. The summed E-state index contributed by atoms with van der Waals surface area (Å²) in [5, 5.41) is 3.44. The van der Waals surface area contributed by atoms with Gasteiger partial charge in [-0.2, -0.15) is 0 Å². The van der Waals surface area contributed by atoms with Crippen molar-refractivity contribution in [2.45, 2.75) is 31.6 Å². The molecule has 0 saturated carbocycles. The largest absolute Gasteiger partial charge is 0.497 e. The van der Waals surface area contributed by atoms with Gasteiger partial charge in [0.15, 0.2) is 5.58 Å². The zero-order valence-electron chi connectivity index (χ0n) is 11.5. The number of ether oxygens (including phenoxy) is 1. The number of aromatic nitrogens is 1. The normalized spacial score (nSPS) is 23.1. The molecule has 2 heterocycles. The average molecular weight is 260 g/mol. The Morgan fingerprint density at radius 2 is 2.37 bits per heavy atom. The first-order valence-corrected chi connectivity index (χ1v) is 6.93. The highest BCUT2D eigenvalue weighted by Gasteiger charge is 2.39. The van der Waals surface area contributed by atoms with Crippen LogP contribution in [0.5, 0.6) is 5.75 Å². The van der Waals surface area contributed by atoms with Crippen LogP contribution in [0.25, 0.3) is 11.1 Å². The van der Waals surface area contributed by atoms with Crippen LogP contribution in [0.1, 0.15) is 32.1 Å². The summed E-state index contributed by atoms with van der Waals surface area (Å²) < 4.78 is 11.2. The highest BCUT2D eigenvalue weighted by molar-refractivity contribution is 5.74. The third-order valence-corrected chi connectivity index (χ3v) is 4.02. The van der Waals surface area contributed by atoms with Crippen LogP contribution in [0.3, 0.4) is 0 Å². The standard InChI is InChI=1S/C15H20N2O2/c1-3-6-15(7-8-16-10-15)14-17-12-9-11(18-2)4-5-13(12)19-14/h4-5,9,16H,3,6-8,10H2,1-2H3. The molecule has 1 N–H and O–H groups in total. The van der Waals surface area contributed by atoms with Gasteiger partial charge in [-0.25, -0.2) is 4.98 Å². The Balaban J connectivity index is 2.03. The molecule has 3 rings (SSSR count). The molecular formula is C15H20N2O2. The molecule has 0 radical (unpaired) electrons. The van der Waals surface area contributed by atoms with E-state index in [1.165, 1.54) is 0 Å². The first-order valence-electron chi connectivity index (χ1n) is 6.93. The molecular weight excluding hydrogens is 240 g/mol. The molecule has 102 valence electrons. The number of hydrogen-bond donors (Lipinski definition) is 1. The first-order chi connectivity index (χ1) is 9.27. The lowest BCUT2D eigenvalue weighted by Gasteiger charge is -2.23. The second-order valence-electron chi connectivity index (χ2n) is 5.31. The summed E-state index contributed by atoms with van der Waals surface area (Å²) in [7, 11) is 1.67. The van der Waals surface area contributed by atoms with Crippen molar-refractivity contribution in [1.29, 1.82) is 0 Å². The summed E-state index contributed by atoms with van der Waals surface area (Å²) in [6.07, 6.45) is 3.36. The Bertz CT molecular complexity index is 571. The zero-order chi connectivity index (χ0) is 13.3. The molecule has 19 heavy (non-hydrogen) atoms. The van der Waals surface area contributed by atoms with Crippen LogP contribution in [0.4, 0.5) is 0 Å². The zero-order valence-corrected chi connectivity index (χ0v) is 11.5. The maximum atomic E-state index is 6.00. The van der Waals surface area contributed by atoms with Crippen molar-refractivity contribution in [1.82, 2.24) is 10.3 Å². The van der Waals surface area contributed by atoms with Crippen LogP contribution in [0.15, 0.2) is 22.6 Å². The lowest BCUT2D eigenvalue weighted by atomic mass is 9.82. The molecule has 1 aromatic carbocycles. The van der Waals surface area contributed by atoms with Crippen molar-refractivity contribution in [3.63, 3.8) is 0 Å². The van der Waals surface area contributed by atoms with Crippen molar-refractivity contribution in [3.05, 3.63) is 24.1 Å². The van der Waals surface area contributed by atoms with Gasteiger partial charge in [0.2, 0.25) is 5.89 Å². The third-order valence-electron chi connectivity index (χ3n) is 4.02. The number of methoxy groups -OCH3 is 1. The van der Waals surface area contributed by atoms with Gasteiger partial charge in [0.1, 0.15) is 11.3 Å². The molecule has 1 aromatic heterocycles. The van der Waals surface area contributed by atoms with Crippen LogP contribution >= 0.6 is 0 Å². The van der Waals surface area contributed by atoms with E-state index in [4.69, 9.17) is 14.1 Å². The Morgan fingerprint density at radius 1 is 1.47 bits per heavy atom. The summed E-state index contributed by atoms with van der Waals surface area (Å²) in [6.45, 7) is 4.22. The molecule has 2 aromatic rings. The average Bonchev–Trinajstić information content (AvgIpc) is 3.05. The van der Waals surface area contributed by atoms with Crippen LogP contribution in [0.2, 0.25) is 0 Å². The molecule has 1 aliphatic rings. The van der Waals surface area contributed by atoms with Gasteiger partial charge in [0, 0.05) is 12.6 Å². The van der Waals surface area contributed by atoms with E-state index in [1.807, 2.05) is 18.2 Å². The summed E-state index contributed by atoms with van der Waals surface area (Å²) in [5.41, 5.74) is 1.80. The van der Waals surface area contributed by atoms with E-state index in [0.29, 0.717) is 0 Å². The van der Waals surface area contributed by atoms with Gasteiger partial charge in [-0.1, -0.05) is 13.3 Å². The second-order valence-corrected chi connectivity index (χ2v) is 5.31. The van der Waals surface area contributed by atoms with Crippen molar-refractivity contribution in [3.8, 4) is 5.75 Å². The predicted octanol–water partition coefficient (Wildman–Crippen LogP) is 2.87. The fraction of sp³-hybridized carbons (Fsp3) is 0.533. The van der Waals surface area contributed by atoms with E-state index < -0.39 is 0 Å². The number of benzene rings is 1. The molecule has 1 fully saturated rings. The minimum atomic E-state index is 0.0704. The van der Waals surface area contributed by atoms with Crippen LogP contribution in [0, 0.1) is 0 Å². The van der Waals surface area contributed by atoms with Gasteiger partial charge in [0.25, 0.3) is 0 Å². The predicted molar refractivity (Wildman–Crippen MR) is 74.6 cm³/mol. The number of fused-ring (bicyclic) bond motifs is 1. The van der Waals surface area contributed by atoms with Crippen LogP contribution in [-0.2, 0) is 5.41 Å². The maximum Gasteiger partial charge on any atom is 0.203 e. The maximum absolute atomic E-state index is 6.00. The Hall–Kier alpha value is -1.55. The topological polar surface area (TPSA) is 47.3 Å². The molecule has 1 unspecified atom stereocenters. The van der Waals surface area contributed by atoms with Crippen molar-refractivity contribution < 1.29 is 9.15 Å². The number of rotatable bonds is 4. The quantitative estimate of drug-likeness (QED) is 0.918.